The van der Waals surface area contributed by atoms with Crippen LogP contribution in [0.4, 0.5) is 34.1 Å². The molecule has 0 fully saturated rings. The number of benzene rings is 9. The zero-order valence-corrected chi connectivity index (χ0v) is 35.9. The van der Waals surface area contributed by atoms with Crippen LogP contribution in [0.3, 0.4) is 0 Å². The highest BCUT2D eigenvalue weighted by Gasteiger charge is 2.48. The normalized spacial score (nSPS) is 18.4. The lowest BCUT2D eigenvalue weighted by molar-refractivity contribution is 0.507. The van der Waals surface area contributed by atoms with Crippen LogP contribution >= 0.6 is 0 Å². The van der Waals surface area contributed by atoms with Gasteiger partial charge >= 0.3 is 0 Å². The van der Waals surface area contributed by atoms with E-state index in [2.05, 4.69) is 228 Å². The van der Waals surface area contributed by atoms with Crippen LogP contribution in [0.1, 0.15) is 70.2 Å². The fourth-order valence-corrected chi connectivity index (χ4v) is 12.6. The number of aryl methyl sites for hydroxylation is 2. The average Bonchev–Trinajstić information content (AvgIpc) is 3.79. The third-order valence-corrected chi connectivity index (χ3v) is 15.1. The SMILES string of the molecule is c1ccc(N(c2ccc(N(c3ccccc3)c3ccc4c(c3)C3(CCCc5ccccc53)c3ccccc3-4)cc2)c2ccc3c(c2)C2(CCCc4ccccc42)c2ccccc2-3)cc1. The lowest BCUT2D eigenvalue weighted by atomic mass is 9.64. The first-order chi connectivity index (χ1) is 31.7. The van der Waals surface area contributed by atoms with E-state index in [-0.39, 0.29) is 10.8 Å². The van der Waals surface area contributed by atoms with Crippen LogP contribution in [0.5, 0.6) is 0 Å². The molecule has 4 aliphatic rings. The summed E-state index contributed by atoms with van der Waals surface area (Å²) in [7, 11) is 0. The van der Waals surface area contributed by atoms with Gasteiger partial charge in [0.15, 0.2) is 0 Å². The Morgan fingerprint density at radius 1 is 0.266 bits per heavy atom. The van der Waals surface area contributed by atoms with Crippen molar-refractivity contribution in [2.45, 2.75) is 49.4 Å². The second-order valence-electron chi connectivity index (χ2n) is 18.2. The molecular formula is C62H48N2. The van der Waals surface area contributed by atoms with Gasteiger partial charge in [-0.25, -0.2) is 0 Å². The first-order valence-electron chi connectivity index (χ1n) is 23.2. The van der Waals surface area contributed by atoms with Crippen molar-refractivity contribution in [3.63, 3.8) is 0 Å². The number of rotatable bonds is 6. The van der Waals surface area contributed by atoms with E-state index >= 15 is 0 Å². The minimum atomic E-state index is -0.172. The summed E-state index contributed by atoms with van der Waals surface area (Å²) in [6.45, 7) is 0. The van der Waals surface area contributed by atoms with Crippen LogP contribution < -0.4 is 9.80 Å². The molecule has 64 heavy (non-hydrogen) atoms. The molecule has 9 aromatic carbocycles. The van der Waals surface area contributed by atoms with Gasteiger partial charge in [-0.05, 0) is 178 Å². The Morgan fingerprint density at radius 2 is 0.594 bits per heavy atom. The largest absolute Gasteiger partial charge is 0.310 e. The van der Waals surface area contributed by atoms with E-state index in [0.717, 1.165) is 48.4 Å². The first kappa shape index (κ1) is 37.2. The van der Waals surface area contributed by atoms with E-state index in [1.165, 1.54) is 91.0 Å². The van der Waals surface area contributed by atoms with Crippen LogP contribution in [-0.2, 0) is 23.7 Å². The number of hydrogen-bond donors (Lipinski definition) is 0. The Bertz CT molecular complexity index is 3020. The molecule has 0 aliphatic heterocycles. The summed E-state index contributed by atoms with van der Waals surface area (Å²) in [4.78, 5) is 4.89. The molecule has 9 aromatic rings. The Kier molecular flexibility index (Phi) is 8.46. The maximum atomic E-state index is 2.51. The summed E-state index contributed by atoms with van der Waals surface area (Å²) in [6.07, 6.45) is 6.81. The van der Waals surface area contributed by atoms with Crippen molar-refractivity contribution < 1.29 is 0 Å². The van der Waals surface area contributed by atoms with Crippen molar-refractivity contribution >= 4 is 34.1 Å². The third kappa shape index (κ3) is 5.38. The molecule has 2 atom stereocenters. The van der Waals surface area contributed by atoms with Crippen molar-refractivity contribution in [3.8, 4) is 22.3 Å². The van der Waals surface area contributed by atoms with Gasteiger partial charge in [-0.3, -0.25) is 0 Å². The fraction of sp³-hybridized carbons (Fsp3) is 0.129. The van der Waals surface area contributed by atoms with Crippen LogP contribution in [0, 0.1) is 0 Å². The molecule has 4 aliphatic carbocycles. The molecule has 0 saturated carbocycles. The first-order valence-corrected chi connectivity index (χ1v) is 23.2. The molecule has 2 nitrogen and oxygen atoms in total. The van der Waals surface area contributed by atoms with E-state index in [0.29, 0.717) is 0 Å². The van der Waals surface area contributed by atoms with Crippen molar-refractivity contribution in [1.82, 2.24) is 0 Å². The standard InChI is InChI=1S/C62H48N2/c1-3-21-45(22-4-1)63(49-35-37-53-51-25-9-13-29-57(51)61(59(53)41-49)39-15-19-43-17-7-11-27-55(43)61)47-31-33-48(34-32-47)64(46-23-5-2-6-24-46)50-36-38-54-52-26-10-14-30-58(52)62(60(54)42-50)40-16-20-44-18-8-12-28-56(44)62/h1-14,17-18,21-38,41-42H,15-16,19-20,39-40H2. The highest BCUT2D eigenvalue weighted by Crippen LogP contribution is 2.60. The summed E-state index contributed by atoms with van der Waals surface area (Å²) >= 11 is 0. The Morgan fingerprint density at radius 3 is 1.03 bits per heavy atom. The Hall–Kier alpha value is -7.42. The number of para-hydroxylation sites is 2. The minimum absolute atomic E-state index is 0.172. The van der Waals surface area contributed by atoms with Gasteiger partial charge in [0, 0.05) is 45.0 Å². The molecule has 0 N–H and O–H groups in total. The highest BCUT2D eigenvalue weighted by molar-refractivity contribution is 5.90. The van der Waals surface area contributed by atoms with Crippen LogP contribution in [0.25, 0.3) is 22.3 Å². The second-order valence-corrected chi connectivity index (χ2v) is 18.2. The molecule has 2 spiro atoms. The van der Waals surface area contributed by atoms with Crippen LogP contribution in [0.15, 0.2) is 218 Å². The highest BCUT2D eigenvalue weighted by atomic mass is 15.2. The topological polar surface area (TPSA) is 6.48 Å². The van der Waals surface area contributed by atoms with Gasteiger partial charge in [-0.2, -0.15) is 0 Å². The molecule has 0 heterocycles. The molecule has 0 saturated heterocycles. The molecule has 13 rings (SSSR count). The van der Waals surface area contributed by atoms with Gasteiger partial charge in [0.2, 0.25) is 0 Å². The fourth-order valence-electron chi connectivity index (χ4n) is 12.6. The number of anilines is 6. The average molecular weight is 821 g/mol. The summed E-state index contributed by atoms with van der Waals surface area (Å²) < 4.78 is 0. The lowest BCUT2D eigenvalue weighted by Crippen LogP contribution is -2.31. The maximum Gasteiger partial charge on any atom is 0.0467 e. The number of nitrogens with zero attached hydrogens (tertiary/aromatic N) is 2. The zero-order chi connectivity index (χ0) is 42.2. The molecule has 0 aromatic heterocycles. The van der Waals surface area contributed by atoms with E-state index in [4.69, 9.17) is 0 Å². The van der Waals surface area contributed by atoms with Gasteiger partial charge in [0.25, 0.3) is 0 Å². The predicted octanol–water partition coefficient (Wildman–Crippen LogP) is 15.9. The molecule has 2 unspecified atom stereocenters. The van der Waals surface area contributed by atoms with Crippen LogP contribution in [-0.4, -0.2) is 0 Å². The zero-order valence-electron chi connectivity index (χ0n) is 35.9. The molecule has 0 bridgehead atoms. The Balaban J connectivity index is 0.943. The lowest BCUT2D eigenvalue weighted by Gasteiger charge is -2.39. The van der Waals surface area contributed by atoms with Crippen molar-refractivity contribution in [1.29, 1.82) is 0 Å². The van der Waals surface area contributed by atoms with Crippen molar-refractivity contribution in [2.24, 2.45) is 0 Å². The molecule has 0 amide bonds. The summed E-state index contributed by atoms with van der Waals surface area (Å²) in [5, 5.41) is 0. The maximum absolute atomic E-state index is 2.51. The quantitative estimate of drug-likeness (QED) is 0.165. The van der Waals surface area contributed by atoms with Crippen molar-refractivity contribution in [2.75, 3.05) is 9.80 Å². The van der Waals surface area contributed by atoms with Gasteiger partial charge in [0.05, 0.1) is 0 Å². The summed E-state index contributed by atoms with van der Waals surface area (Å²) in [5.74, 6) is 0. The van der Waals surface area contributed by atoms with E-state index in [1.807, 2.05) is 0 Å². The number of hydrogen-bond acceptors (Lipinski definition) is 2. The minimum Gasteiger partial charge on any atom is -0.310 e. The van der Waals surface area contributed by atoms with Crippen LogP contribution in [0.2, 0.25) is 0 Å². The molecule has 0 radical (unpaired) electrons. The smallest absolute Gasteiger partial charge is 0.0467 e. The molecule has 2 heteroatoms. The van der Waals surface area contributed by atoms with Gasteiger partial charge in [-0.15, -0.1) is 0 Å². The summed E-state index contributed by atoms with van der Waals surface area (Å²) in [5.41, 5.74) is 23.6. The summed E-state index contributed by atoms with van der Waals surface area (Å²) in [6, 6.07) is 82.2. The Labute approximate surface area is 376 Å². The third-order valence-electron chi connectivity index (χ3n) is 15.1. The van der Waals surface area contributed by atoms with Gasteiger partial charge in [0.1, 0.15) is 0 Å². The second kappa shape index (κ2) is 14.6. The molecule has 306 valence electrons. The van der Waals surface area contributed by atoms with E-state index in [9.17, 15) is 0 Å². The van der Waals surface area contributed by atoms with E-state index < -0.39 is 0 Å². The van der Waals surface area contributed by atoms with Crippen molar-refractivity contribution in [3.05, 3.63) is 263 Å². The molecular weight excluding hydrogens is 773 g/mol. The predicted molar refractivity (Wildman–Crippen MR) is 265 cm³/mol. The van der Waals surface area contributed by atoms with Gasteiger partial charge < -0.3 is 9.80 Å². The van der Waals surface area contributed by atoms with E-state index in [1.54, 1.807) is 0 Å². The van der Waals surface area contributed by atoms with Gasteiger partial charge in [-0.1, -0.05) is 146 Å². The monoisotopic (exact) mass is 820 g/mol. The number of fused-ring (bicyclic) bond motifs is 14.